The summed E-state index contributed by atoms with van der Waals surface area (Å²) in [7, 11) is 0. The highest BCUT2D eigenvalue weighted by atomic mass is 15.2. The van der Waals surface area contributed by atoms with Crippen LogP contribution in [-0.4, -0.2) is 17.5 Å². The Kier molecular flexibility index (Phi) is 3.79. The molecule has 1 aromatic rings. The second-order valence-electron chi connectivity index (χ2n) is 5.82. The molecule has 2 rings (SSSR count). The van der Waals surface area contributed by atoms with Gasteiger partial charge in [0.1, 0.15) is 0 Å². The average Bonchev–Trinajstić information content (AvgIpc) is 2.35. The Morgan fingerprint density at radius 1 is 1.28 bits per heavy atom. The zero-order valence-corrected chi connectivity index (χ0v) is 12.2. The molecule has 2 unspecified atom stereocenters. The summed E-state index contributed by atoms with van der Waals surface area (Å²) in [6.45, 7) is 14.5. The second kappa shape index (κ2) is 5.17. The Morgan fingerprint density at radius 3 is 2.72 bits per heavy atom. The molecular weight excluding hydrogens is 218 g/mol. The first-order chi connectivity index (χ1) is 8.50. The van der Waals surface area contributed by atoms with Gasteiger partial charge in [0.25, 0.3) is 0 Å². The van der Waals surface area contributed by atoms with E-state index in [1.807, 2.05) is 0 Å². The summed E-state index contributed by atoms with van der Waals surface area (Å²) in [4.78, 5) is 2.50. The van der Waals surface area contributed by atoms with Crippen molar-refractivity contribution in [2.75, 3.05) is 6.54 Å². The molecule has 1 aromatic carbocycles. The van der Waals surface area contributed by atoms with E-state index in [2.05, 4.69) is 57.4 Å². The Morgan fingerprint density at radius 2 is 2.00 bits per heavy atom. The van der Waals surface area contributed by atoms with Crippen LogP contribution < -0.4 is 0 Å². The number of hydrogen-bond acceptors (Lipinski definition) is 1. The molecule has 1 aliphatic heterocycles. The maximum absolute atomic E-state index is 4.36. The van der Waals surface area contributed by atoms with Crippen molar-refractivity contribution in [2.45, 2.75) is 46.6 Å². The molecule has 0 aromatic heterocycles. The van der Waals surface area contributed by atoms with Gasteiger partial charge in [-0.1, -0.05) is 31.2 Å². The van der Waals surface area contributed by atoms with E-state index in [-0.39, 0.29) is 0 Å². The second-order valence-corrected chi connectivity index (χ2v) is 5.82. The van der Waals surface area contributed by atoms with Crippen molar-refractivity contribution in [1.29, 1.82) is 0 Å². The third-order valence-corrected chi connectivity index (χ3v) is 4.42. The molecule has 1 aliphatic rings. The van der Waals surface area contributed by atoms with Gasteiger partial charge in [0.05, 0.1) is 0 Å². The summed E-state index contributed by atoms with van der Waals surface area (Å²) in [6, 6.07) is 7.25. The predicted molar refractivity (Wildman–Crippen MR) is 79.5 cm³/mol. The molecule has 1 saturated heterocycles. The molecular formula is C17H25N. The number of hydrogen-bond donors (Lipinski definition) is 0. The van der Waals surface area contributed by atoms with Crippen LogP contribution in [0.2, 0.25) is 0 Å². The van der Waals surface area contributed by atoms with Gasteiger partial charge in [0.15, 0.2) is 0 Å². The summed E-state index contributed by atoms with van der Waals surface area (Å²) in [5.41, 5.74) is 5.16. The van der Waals surface area contributed by atoms with Crippen LogP contribution in [0.4, 0.5) is 0 Å². The van der Waals surface area contributed by atoms with Gasteiger partial charge in [-0.05, 0) is 51.2 Å². The Hall–Kier alpha value is -1.24. The van der Waals surface area contributed by atoms with Crippen molar-refractivity contribution in [2.24, 2.45) is 5.92 Å². The van der Waals surface area contributed by atoms with Crippen LogP contribution in [0.1, 0.15) is 43.4 Å². The fourth-order valence-corrected chi connectivity index (χ4v) is 2.92. The van der Waals surface area contributed by atoms with Crippen LogP contribution in [0, 0.1) is 19.8 Å². The normalized spacial score (nSPS) is 24.1. The topological polar surface area (TPSA) is 3.24 Å². The zero-order valence-electron chi connectivity index (χ0n) is 12.2. The minimum Gasteiger partial charge on any atom is -0.369 e. The lowest BCUT2D eigenvalue weighted by Gasteiger charge is -2.41. The maximum atomic E-state index is 4.36. The van der Waals surface area contributed by atoms with E-state index < -0.39 is 0 Å². The van der Waals surface area contributed by atoms with E-state index in [4.69, 9.17) is 0 Å². The predicted octanol–water partition coefficient (Wildman–Crippen LogP) is 4.39. The highest BCUT2D eigenvalue weighted by Crippen LogP contribution is 2.31. The number of benzene rings is 1. The smallest absolute Gasteiger partial charge is 0.0372 e. The molecule has 1 fully saturated rings. The molecule has 0 spiro atoms. The molecule has 98 valence electrons. The largest absolute Gasteiger partial charge is 0.369 e. The van der Waals surface area contributed by atoms with Gasteiger partial charge in [-0.25, -0.2) is 0 Å². The first kappa shape index (κ1) is 13.2. The first-order valence-corrected chi connectivity index (χ1v) is 7.04. The summed E-state index contributed by atoms with van der Waals surface area (Å²) in [5, 5.41) is 0. The van der Waals surface area contributed by atoms with Gasteiger partial charge in [0, 0.05) is 23.8 Å². The fraction of sp³-hybridized carbons (Fsp3) is 0.529. The van der Waals surface area contributed by atoms with Gasteiger partial charge >= 0.3 is 0 Å². The molecule has 0 N–H and O–H groups in total. The van der Waals surface area contributed by atoms with Crippen molar-refractivity contribution < 1.29 is 0 Å². The SMILES string of the molecule is C=C(c1cc(C)ccc1C)N1CCCC(C)C1C. The van der Waals surface area contributed by atoms with Crippen molar-refractivity contribution in [3.8, 4) is 0 Å². The van der Waals surface area contributed by atoms with Crippen LogP contribution in [-0.2, 0) is 0 Å². The van der Waals surface area contributed by atoms with Crippen molar-refractivity contribution in [1.82, 2.24) is 4.90 Å². The molecule has 0 saturated carbocycles. The Bertz CT molecular complexity index is 447. The molecule has 1 heterocycles. The zero-order chi connectivity index (χ0) is 13.3. The quantitative estimate of drug-likeness (QED) is 0.744. The van der Waals surface area contributed by atoms with Crippen LogP contribution >= 0.6 is 0 Å². The third-order valence-electron chi connectivity index (χ3n) is 4.42. The summed E-state index contributed by atoms with van der Waals surface area (Å²) in [5.74, 6) is 0.764. The fourth-order valence-electron chi connectivity index (χ4n) is 2.92. The summed E-state index contributed by atoms with van der Waals surface area (Å²) < 4.78 is 0. The van der Waals surface area contributed by atoms with Gasteiger partial charge in [-0.2, -0.15) is 0 Å². The highest BCUT2D eigenvalue weighted by Gasteiger charge is 2.26. The molecule has 0 aliphatic carbocycles. The third kappa shape index (κ3) is 2.45. The summed E-state index contributed by atoms with van der Waals surface area (Å²) >= 11 is 0. The van der Waals surface area contributed by atoms with Crippen LogP contribution in [0.15, 0.2) is 24.8 Å². The summed E-state index contributed by atoms with van der Waals surface area (Å²) in [6.07, 6.45) is 2.63. The highest BCUT2D eigenvalue weighted by molar-refractivity contribution is 5.65. The van der Waals surface area contributed by atoms with E-state index in [1.165, 1.54) is 35.2 Å². The number of piperidine rings is 1. The van der Waals surface area contributed by atoms with Crippen LogP contribution in [0.5, 0.6) is 0 Å². The van der Waals surface area contributed by atoms with Crippen molar-refractivity contribution >= 4 is 5.70 Å². The monoisotopic (exact) mass is 243 g/mol. The van der Waals surface area contributed by atoms with E-state index >= 15 is 0 Å². The van der Waals surface area contributed by atoms with Gasteiger partial charge in [0.2, 0.25) is 0 Å². The average molecular weight is 243 g/mol. The lowest BCUT2D eigenvalue weighted by Crippen LogP contribution is -2.40. The maximum Gasteiger partial charge on any atom is 0.0372 e. The molecule has 2 atom stereocenters. The number of aryl methyl sites for hydroxylation is 2. The van der Waals surface area contributed by atoms with E-state index in [1.54, 1.807) is 0 Å². The lowest BCUT2D eigenvalue weighted by atomic mass is 9.90. The van der Waals surface area contributed by atoms with Gasteiger partial charge in [-0.3, -0.25) is 0 Å². The molecule has 0 radical (unpaired) electrons. The minimum atomic E-state index is 0.603. The first-order valence-electron chi connectivity index (χ1n) is 7.04. The molecule has 0 amide bonds. The van der Waals surface area contributed by atoms with Gasteiger partial charge in [-0.15, -0.1) is 0 Å². The number of rotatable bonds is 2. The van der Waals surface area contributed by atoms with Gasteiger partial charge < -0.3 is 4.90 Å². The lowest BCUT2D eigenvalue weighted by molar-refractivity contribution is 0.180. The van der Waals surface area contributed by atoms with E-state index in [9.17, 15) is 0 Å². The number of nitrogens with zero attached hydrogens (tertiary/aromatic N) is 1. The Balaban J connectivity index is 2.27. The van der Waals surface area contributed by atoms with Crippen LogP contribution in [0.3, 0.4) is 0 Å². The van der Waals surface area contributed by atoms with Crippen molar-refractivity contribution in [3.63, 3.8) is 0 Å². The van der Waals surface area contributed by atoms with E-state index in [0.29, 0.717) is 6.04 Å². The van der Waals surface area contributed by atoms with E-state index in [0.717, 1.165) is 12.5 Å². The Labute approximate surface area is 112 Å². The minimum absolute atomic E-state index is 0.603. The van der Waals surface area contributed by atoms with Crippen molar-refractivity contribution in [3.05, 3.63) is 41.5 Å². The van der Waals surface area contributed by atoms with Crippen LogP contribution in [0.25, 0.3) is 5.70 Å². The number of likely N-dealkylation sites (tertiary alicyclic amines) is 1. The molecule has 1 heteroatoms. The molecule has 0 bridgehead atoms. The molecule has 1 nitrogen and oxygen atoms in total. The molecule has 18 heavy (non-hydrogen) atoms. The standard InChI is InChI=1S/C17H25N/c1-12-8-9-14(3)17(11-12)16(5)18-10-6-7-13(2)15(18)4/h8-9,11,13,15H,5-7,10H2,1-4H3.